The van der Waals surface area contributed by atoms with Crippen LogP contribution in [0.25, 0.3) is 0 Å². The summed E-state index contributed by atoms with van der Waals surface area (Å²) in [6, 6.07) is 11.5. The van der Waals surface area contributed by atoms with E-state index in [0.29, 0.717) is 43.8 Å². The quantitative estimate of drug-likeness (QED) is 0.879. The van der Waals surface area contributed by atoms with Gasteiger partial charge in [0.1, 0.15) is 11.4 Å². The standard InChI is InChI=1S/C20H22N2O3S/c23-17-12-20(25-18-6-2-1-5-16(17)18)8-10-22(14-20)9-7-19(24)21-13-15-4-3-11-26-15/h1-6,11H,7-10,12-14H2,(H,21,24). The van der Waals surface area contributed by atoms with Crippen LogP contribution < -0.4 is 10.1 Å². The molecule has 1 unspecified atom stereocenters. The number of fused-ring (bicyclic) bond motifs is 1. The predicted molar refractivity (Wildman–Crippen MR) is 101 cm³/mol. The monoisotopic (exact) mass is 370 g/mol. The molecule has 4 rings (SSSR count). The first-order valence-electron chi connectivity index (χ1n) is 8.96. The lowest BCUT2D eigenvalue weighted by molar-refractivity contribution is -0.121. The van der Waals surface area contributed by atoms with E-state index in [1.807, 2.05) is 41.8 Å². The molecule has 1 atom stereocenters. The minimum absolute atomic E-state index is 0.0605. The van der Waals surface area contributed by atoms with E-state index in [1.165, 1.54) is 0 Å². The minimum atomic E-state index is -0.432. The number of thiophene rings is 1. The van der Waals surface area contributed by atoms with Crippen molar-refractivity contribution in [3.8, 4) is 5.75 Å². The fourth-order valence-corrected chi connectivity index (χ4v) is 4.38. The molecule has 6 heteroatoms. The van der Waals surface area contributed by atoms with Gasteiger partial charge >= 0.3 is 0 Å². The first-order valence-corrected chi connectivity index (χ1v) is 9.84. The molecule has 2 aromatic rings. The number of hydrogen-bond donors (Lipinski definition) is 1. The molecule has 1 fully saturated rings. The topological polar surface area (TPSA) is 58.6 Å². The van der Waals surface area contributed by atoms with Crippen LogP contribution in [0.15, 0.2) is 41.8 Å². The van der Waals surface area contributed by atoms with E-state index in [4.69, 9.17) is 4.74 Å². The van der Waals surface area contributed by atoms with Crippen LogP contribution in [-0.4, -0.2) is 41.8 Å². The summed E-state index contributed by atoms with van der Waals surface area (Å²) in [6.45, 7) is 2.84. The molecule has 1 saturated heterocycles. The molecule has 0 saturated carbocycles. The lowest BCUT2D eigenvalue weighted by atomic mass is 9.89. The van der Waals surface area contributed by atoms with E-state index in [0.717, 1.165) is 17.8 Å². The third-order valence-electron chi connectivity index (χ3n) is 5.09. The van der Waals surface area contributed by atoms with E-state index in [-0.39, 0.29) is 11.7 Å². The molecular weight excluding hydrogens is 348 g/mol. The molecule has 1 amide bonds. The van der Waals surface area contributed by atoms with Crippen LogP contribution in [0.5, 0.6) is 5.75 Å². The zero-order valence-electron chi connectivity index (χ0n) is 14.6. The van der Waals surface area contributed by atoms with Gasteiger partial charge in [0.2, 0.25) is 5.91 Å². The Bertz CT molecular complexity index is 805. The van der Waals surface area contributed by atoms with Gasteiger partial charge in [-0.15, -0.1) is 11.3 Å². The van der Waals surface area contributed by atoms with Crippen LogP contribution in [0, 0.1) is 0 Å². The van der Waals surface area contributed by atoms with Gasteiger partial charge in [-0.1, -0.05) is 18.2 Å². The number of nitrogens with one attached hydrogen (secondary N) is 1. The average Bonchev–Trinajstić information content (AvgIpc) is 3.28. The Morgan fingerprint density at radius 2 is 2.15 bits per heavy atom. The average molecular weight is 370 g/mol. The maximum absolute atomic E-state index is 12.5. The van der Waals surface area contributed by atoms with E-state index >= 15 is 0 Å². The van der Waals surface area contributed by atoms with Gasteiger partial charge in [0.15, 0.2) is 5.78 Å². The van der Waals surface area contributed by atoms with Crippen LogP contribution in [-0.2, 0) is 11.3 Å². The lowest BCUT2D eigenvalue weighted by Crippen LogP contribution is -2.44. The van der Waals surface area contributed by atoms with Gasteiger partial charge < -0.3 is 10.1 Å². The van der Waals surface area contributed by atoms with Gasteiger partial charge in [0, 0.05) is 37.4 Å². The molecule has 1 spiro atoms. The predicted octanol–water partition coefficient (Wildman–Crippen LogP) is 2.86. The maximum Gasteiger partial charge on any atom is 0.221 e. The van der Waals surface area contributed by atoms with Crippen molar-refractivity contribution in [3.63, 3.8) is 0 Å². The van der Waals surface area contributed by atoms with E-state index in [2.05, 4.69) is 10.2 Å². The van der Waals surface area contributed by atoms with Crippen molar-refractivity contribution >= 4 is 23.0 Å². The summed E-state index contributed by atoms with van der Waals surface area (Å²) in [5, 5.41) is 4.97. The molecule has 136 valence electrons. The first-order chi connectivity index (χ1) is 12.6. The number of ether oxygens (including phenoxy) is 1. The van der Waals surface area contributed by atoms with Crippen LogP contribution in [0.2, 0.25) is 0 Å². The minimum Gasteiger partial charge on any atom is -0.485 e. The Morgan fingerprint density at radius 1 is 1.27 bits per heavy atom. The highest BCUT2D eigenvalue weighted by Gasteiger charge is 2.45. The molecule has 1 aromatic heterocycles. The van der Waals surface area contributed by atoms with Crippen molar-refractivity contribution in [2.75, 3.05) is 19.6 Å². The Kier molecular flexibility index (Phi) is 4.78. The molecule has 3 heterocycles. The number of ketones is 1. The smallest absolute Gasteiger partial charge is 0.221 e. The first kappa shape index (κ1) is 17.2. The molecule has 1 aromatic carbocycles. The van der Waals surface area contributed by atoms with Gasteiger partial charge in [-0.3, -0.25) is 14.5 Å². The number of carbonyl (C=O) groups excluding carboxylic acids is 2. The molecule has 26 heavy (non-hydrogen) atoms. The van der Waals surface area contributed by atoms with Crippen LogP contribution >= 0.6 is 11.3 Å². The van der Waals surface area contributed by atoms with Crippen molar-refractivity contribution in [1.29, 1.82) is 0 Å². The summed E-state index contributed by atoms with van der Waals surface area (Å²) in [7, 11) is 0. The molecular formula is C20H22N2O3S. The van der Waals surface area contributed by atoms with Crippen molar-refractivity contribution < 1.29 is 14.3 Å². The molecule has 0 bridgehead atoms. The zero-order chi connectivity index (χ0) is 18.0. The van der Waals surface area contributed by atoms with Gasteiger partial charge in [0.25, 0.3) is 0 Å². The number of para-hydroxylation sites is 1. The second-order valence-corrected chi connectivity index (χ2v) is 8.05. The van der Waals surface area contributed by atoms with Crippen LogP contribution in [0.4, 0.5) is 0 Å². The molecule has 5 nitrogen and oxygen atoms in total. The second kappa shape index (κ2) is 7.21. The number of amides is 1. The summed E-state index contributed by atoms with van der Waals surface area (Å²) in [4.78, 5) is 27.9. The summed E-state index contributed by atoms with van der Waals surface area (Å²) in [5.41, 5.74) is 0.253. The Morgan fingerprint density at radius 3 is 3.00 bits per heavy atom. The third kappa shape index (κ3) is 3.66. The highest BCUT2D eigenvalue weighted by Crippen LogP contribution is 2.38. The van der Waals surface area contributed by atoms with E-state index in [1.54, 1.807) is 11.3 Å². The maximum atomic E-state index is 12.5. The number of likely N-dealkylation sites (tertiary alicyclic amines) is 1. The summed E-state index contributed by atoms with van der Waals surface area (Å²) in [6.07, 6.45) is 1.71. The number of carbonyl (C=O) groups is 2. The van der Waals surface area contributed by atoms with Crippen LogP contribution in [0.3, 0.4) is 0 Å². The molecule has 2 aliphatic rings. The number of nitrogens with zero attached hydrogens (tertiary/aromatic N) is 1. The van der Waals surface area contributed by atoms with Gasteiger partial charge in [-0.2, -0.15) is 0 Å². The van der Waals surface area contributed by atoms with Crippen LogP contribution in [0.1, 0.15) is 34.5 Å². The largest absolute Gasteiger partial charge is 0.485 e. The molecule has 0 aliphatic carbocycles. The normalized spacial score (nSPS) is 22.2. The summed E-state index contributed by atoms with van der Waals surface area (Å²) >= 11 is 1.64. The number of rotatable bonds is 5. The number of benzene rings is 1. The van der Waals surface area contributed by atoms with Gasteiger partial charge in [-0.05, 0) is 23.6 Å². The summed E-state index contributed by atoms with van der Waals surface area (Å²) in [5.74, 6) is 0.909. The zero-order valence-corrected chi connectivity index (χ0v) is 15.4. The third-order valence-corrected chi connectivity index (χ3v) is 5.96. The lowest BCUT2D eigenvalue weighted by Gasteiger charge is -2.34. The van der Waals surface area contributed by atoms with Crippen molar-refractivity contribution in [1.82, 2.24) is 10.2 Å². The second-order valence-electron chi connectivity index (χ2n) is 7.01. The molecule has 1 N–H and O–H groups in total. The van der Waals surface area contributed by atoms with Crippen molar-refractivity contribution in [3.05, 3.63) is 52.2 Å². The molecule has 2 aliphatic heterocycles. The van der Waals surface area contributed by atoms with E-state index < -0.39 is 5.60 Å². The highest BCUT2D eigenvalue weighted by molar-refractivity contribution is 7.09. The van der Waals surface area contributed by atoms with E-state index in [9.17, 15) is 9.59 Å². The number of Topliss-reactive ketones (excluding diaryl/α,β-unsaturated/α-hetero) is 1. The van der Waals surface area contributed by atoms with Gasteiger partial charge in [0.05, 0.1) is 18.5 Å². The Labute approximate surface area is 157 Å². The Balaban J connectivity index is 1.29. The Hall–Kier alpha value is -2.18. The fourth-order valence-electron chi connectivity index (χ4n) is 3.74. The fraction of sp³-hybridized carbons (Fsp3) is 0.400. The van der Waals surface area contributed by atoms with Gasteiger partial charge in [-0.25, -0.2) is 0 Å². The van der Waals surface area contributed by atoms with Crippen molar-refractivity contribution in [2.24, 2.45) is 0 Å². The molecule has 0 radical (unpaired) electrons. The van der Waals surface area contributed by atoms with Crippen molar-refractivity contribution in [2.45, 2.75) is 31.4 Å². The summed E-state index contributed by atoms with van der Waals surface area (Å²) < 4.78 is 6.22. The number of hydrogen-bond acceptors (Lipinski definition) is 5. The highest BCUT2D eigenvalue weighted by atomic mass is 32.1. The SMILES string of the molecule is O=C(CCN1CCC2(CC(=O)c3ccccc3O2)C1)NCc1cccs1.